The zero-order chi connectivity index (χ0) is 16.9. The molecule has 0 bridgehead atoms. The van der Waals surface area contributed by atoms with Gasteiger partial charge in [-0.15, -0.1) is 11.8 Å². The van der Waals surface area contributed by atoms with E-state index in [9.17, 15) is 13.6 Å². The van der Waals surface area contributed by atoms with Crippen molar-refractivity contribution in [2.24, 2.45) is 0 Å². The number of carbonyl (C=O) groups is 1. The molecule has 1 aliphatic rings. The number of ether oxygens (including phenoxy) is 1. The molecule has 0 aromatic heterocycles. The number of rotatable bonds is 6. The summed E-state index contributed by atoms with van der Waals surface area (Å²) in [6.45, 7) is 7.76. The highest BCUT2D eigenvalue weighted by Crippen LogP contribution is 2.22. The summed E-state index contributed by atoms with van der Waals surface area (Å²) in [6, 6.07) is 3.35. The van der Waals surface area contributed by atoms with Gasteiger partial charge in [0.15, 0.2) is 0 Å². The van der Waals surface area contributed by atoms with E-state index in [1.807, 2.05) is 0 Å². The lowest BCUT2D eigenvalue weighted by atomic mass is 10.0. The molecule has 0 unspecified atom stereocenters. The molecule has 1 aliphatic heterocycles. The molecular weight excluding hydrogens is 322 g/mol. The van der Waals surface area contributed by atoms with E-state index < -0.39 is 11.6 Å². The van der Waals surface area contributed by atoms with Crippen LogP contribution >= 0.6 is 11.8 Å². The largest absolute Gasteiger partial charge is 0.379 e. The maximum absolute atomic E-state index is 13.5. The Balaban J connectivity index is 1.78. The summed E-state index contributed by atoms with van der Waals surface area (Å²) in [5, 5.41) is 2.88. The Hall–Kier alpha value is -1.18. The molecule has 7 heteroatoms. The van der Waals surface area contributed by atoms with E-state index in [0.29, 0.717) is 19.8 Å². The van der Waals surface area contributed by atoms with Crippen LogP contribution in [0.25, 0.3) is 0 Å². The first-order valence-electron chi connectivity index (χ1n) is 7.56. The molecule has 23 heavy (non-hydrogen) atoms. The smallest absolute Gasteiger partial charge is 0.230 e. The summed E-state index contributed by atoms with van der Waals surface area (Å²) >= 11 is 1.06. The van der Waals surface area contributed by atoms with Crippen molar-refractivity contribution in [3.8, 4) is 0 Å². The standard InChI is InChI=1S/C16H22F2N2O2S/c1-16(2,20-5-7-22-8-6-20)11-19-15(21)10-23-14-4-3-12(17)9-13(14)18/h3-4,9H,5-8,10-11H2,1-2H3,(H,19,21). The Morgan fingerprint density at radius 3 is 2.70 bits per heavy atom. The average molecular weight is 344 g/mol. The Morgan fingerprint density at radius 2 is 2.04 bits per heavy atom. The number of morpholine rings is 1. The van der Waals surface area contributed by atoms with Crippen molar-refractivity contribution in [3.63, 3.8) is 0 Å². The van der Waals surface area contributed by atoms with E-state index in [0.717, 1.165) is 30.9 Å². The number of amides is 1. The van der Waals surface area contributed by atoms with Gasteiger partial charge in [0.1, 0.15) is 11.6 Å². The summed E-state index contributed by atoms with van der Waals surface area (Å²) < 4.78 is 31.7. The molecular formula is C16H22F2N2O2S. The van der Waals surface area contributed by atoms with Crippen LogP contribution < -0.4 is 5.32 Å². The van der Waals surface area contributed by atoms with Gasteiger partial charge in [-0.3, -0.25) is 9.69 Å². The van der Waals surface area contributed by atoms with Crippen LogP contribution in [-0.2, 0) is 9.53 Å². The van der Waals surface area contributed by atoms with Gasteiger partial charge in [-0.1, -0.05) is 0 Å². The zero-order valence-electron chi connectivity index (χ0n) is 13.4. The lowest BCUT2D eigenvalue weighted by Crippen LogP contribution is -2.55. The van der Waals surface area contributed by atoms with Crippen molar-refractivity contribution in [2.45, 2.75) is 24.3 Å². The van der Waals surface area contributed by atoms with E-state index >= 15 is 0 Å². The third-order valence-electron chi connectivity index (χ3n) is 3.84. The summed E-state index contributed by atoms with van der Waals surface area (Å²) in [5.74, 6) is -1.33. The van der Waals surface area contributed by atoms with Gasteiger partial charge in [-0.25, -0.2) is 8.78 Å². The fraction of sp³-hybridized carbons (Fsp3) is 0.562. The number of hydrogen-bond donors (Lipinski definition) is 1. The lowest BCUT2D eigenvalue weighted by Gasteiger charge is -2.40. The van der Waals surface area contributed by atoms with Crippen molar-refractivity contribution in [3.05, 3.63) is 29.8 Å². The SMILES string of the molecule is CC(C)(CNC(=O)CSc1ccc(F)cc1F)N1CCOCC1. The van der Waals surface area contributed by atoms with Crippen molar-refractivity contribution >= 4 is 17.7 Å². The molecule has 1 saturated heterocycles. The number of halogens is 2. The fourth-order valence-electron chi connectivity index (χ4n) is 2.38. The van der Waals surface area contributed by atoms with Crippen LogP contribution in [0.5, 0.6) is 0 Å². The Kier molecular flexibility index (Phi) is 6.38. The molecule has 128 valence electrons. The first-order valence-corrected chi connectivity index (χ1v) is 8.54. The maximum Gasteiger partial charge on any atom is 0.230 e. The van der Waals surface area contributed by atoms with Crippen molar-refractivity contribution < 1.29 is 18.3 Å². The van der Waals surface area contributed by atoms with Crippen LogP contribution in [-0.4, -0.2) is 54.9 Å². The summed E-state index contributed by atoms with van der Waals surface area (Å²) in [5.41, 5.74) is -0.161. The normalized spacial score (nSPS) is 16.3. The van der Waals surface area contributed by atoms with Gasteiger partial charge < -0.3 is 10.1 Å². The van der Waals surface area contributed by atoms with Gasteiger partial charge in [0.25, 0.3) is 0 Å². The second kappa shape index (κ2) is 8.08. The van der Waals surface area contributed by atoms with Gasteiger partial charge in [0.2, 0.25) is 5.91 Å². The first-order chi connectivity index (χ1) is 10.9. The lowest BCUT2D eigenvalue weighted by molar-refractivity contribution is -0.119. The van der Waals surface area contributed by atoms with E-state index in [-0.39, 0.29) is 22.1 Å². The van der Waals surface area contributed by atoms with Crippen LogP contribution in [0, 0.1) is 11.6 Å². The Labute approximate surface area is 139 Å². The fourth-order valence-corrected chi connectivity index (χ4v) is 3.13. The second-order valence-electron chi connectivity index (χ2n) is 6.05. The Bertz CT molecular complexity index is 549. The van der Waals surface area contributed by atoms with Crippen LogP contribution in [0.15, 0.2) is 23.1 Å². The zero-order valence-corrected chi connectivity index (χ0v) is 14.2. The van der Waals surface area contributed by atoms with E-state index in [2.05, 4.69) is 24.1 Å². The van der Waals surface area contributed by atoms with Crippen LogP contribution in [0.2, 0.25) is 0 Å². The number of carbonyl (C=O) groups excluding carboxylic acids is 1. The predicted molar refractivity (Wildman–Crippen MR) is 86.6 cm³/mol. The molecule has 2 rings (SSSR count). The monoisotopic (exact) mass is 344 g/mol. The van der Waals surface area contributed by atoms with Gasteiger partial charge >= 0.3 is 0 Å². The van der Waals surface area contributed by atoms with Crippen LogP contribution in [0.4, 0.5) is 8.78 Å². The second-order valence-corrected chi connectivity index (χ2v) is 7.07. The van der Waals surface area contributed by atoms with E-state index in [1.54, 1.807) is 0 Å². The summed E-state index contributed by atoms with van der Waals surface area (Å²) in [6.07, 6.45) is 0. The number of hydrogen-bond acceptors (Lipinski definition) is 4. The molecule has 1 fully saturated rings. The molecule has 4 nitrogen and oxygen atoms in total. The highest BCUT2D eigenvalue weighted by Gasteiger charge is 2.28. The van der Waals surface area contributed by atoms with Crippen molar-refractivity contribution in [2.75, 3.05) is 38.6 Å². The molecule has 0 atom stereocenters. The molecule has 1 heterocycles. The highest BCUT2D eigenvalue weighted by molar-refractivity contribution is 8.00. The first kappa shape index (κ1) is 18.2. The molecule has 0 aliphatic carbocycles. The minimum Gasteiger partial charge on any atom is -0.379 e. The topological polar surface area (TPSA) is 41.6 Å². The average Bonchev–Trinajstić information content (AvgIpc) is 2.53. The van der Waals surface area contributed by atoms with Crippen molar-refractivity contribution in [1.29, 1.82) is 0 Å². The summed E-state index contributed by atoms with van der Waals surface area (Å²) in [4.78, 5) is 14.5. The Morgan fingerprint density at radius 1 is 1.35 bits per heavy atom. The number of nitrogens with zero attached hydrogens (tertiary/aromatic N) is 1. The minimum atomic E-state index is -0.642. The minimum absolute atomic E-state index is 0.0990. The third kappa shape index (κ3) is 5.44. The molecule has 0 radical (unpaired) electrons. The maximum atomic E-state index is 13.5. The highest BCUT2D eigenvalue weighted by atomic mass is 32.2. The van der Waals surface area contributed by atoms with E-state index in [1.165, 1.54) is 12.1 Å². The molecule has 1 aromatic rings. The molecule has 0 saturated carbocycles. The number of nitrogens with one attached hydrogen (secondary N) is 1. The predicted octanol–water partition coefficient (Wildman–Crippen LogP) is 2.28. The number of thioether (sulfide) groups is 1. The molecule has 1 N–H and O–H groups in total. The van der Waals surface area contributed by atoms with Gasteiger partial charge in [-0.2, -0.15) is 0 Å². The van der Waals surface area contributed by atoms with Gasteiger partial charge in [0.05, 0.1) is 19.0 Å². The molecule has 1 aromatic carbocycles. The van der Waals surface area contributed by atoms with Gasteiger partial charge in [-0.05, 0) is 26.0 Å². The van der Waals surface area contributed by atoms with E-state index in [4.69, 9.17) is 4.74 Å². The van der Waals surface area contributed by atoms with Crippen LogP contribution in [0.3, 0.4) is 0 Å². The molecule has 0 spiro atoms. The third-order valence-corrected chi connectivity index (χ3v) is 4.89. The van der Waals surface area contributed by atoms with Crippen molar-refractivity contribution in [1.82, 2.24) is 10.2 Å². The number of benzene rings is 1. The molecule has 1 amide bonds. The quantitative estimate of drug-likeness (QED) is 0.804. The summed E-state index contributed by atoms with van der Waals surface area (Å²) in [7, 11) is 0. The van der Waals surface area contributed by atoms with Crippen LogP contribution in [0.1, 0.15) is 13.8 Å². The van der Waals surface area contributed by atoms with Gasteiger partial charge in [0, 0.05) is 36.1 Å².